The van der Waals surface area contributed by atoms with Crippen molar-refractivity contribution in [1.29, 1.82) is 0 Å². The Labute approximate surface area is 170 Å². The topological polar surface area (TPSA) is 88.1 Å². The quantitative estimate of drug-likeness (QED) is 0.831. The highest BCUT2D eigenvalue weighted by Crippen LogP contribution is 2.30. The Morgan fingerprint density at radius 3 is 2.86 bits per heavy atom. The van der Waals surface area contributed by atoms with Crippen LogP contribution in [-0.4, -0.2) is 44.8 Å². The second kappa shape index (κ2) is 7.87. The minimum atomic E-state index is -3.72. The highest BCUT2D eigenvalue weighted by molar-refractivity contribution is 7.90. The summed E-state index contributed by atoms with van der Waals surface area (Å²) >= 11 is 0. The van der Waals surface area contributed by atoms with Crippen molar-refractivity contribution < 1.29 is 17.9 Å². The molecular weight excluding hydrogens is 390 g/mol. The van der Waals surface area contributed by atoms with E-state index in [0.29, 0.717) is 30.9 Å². The number of sulfonamides is 1. The third-order valence-corrected chi connectivity index (χ3v) is 6.62. The van der Waals surface area contributed by atoms with Gasteiger partial charge in [0.25, 0.3) is 10.0 Å². The highest BCUT2D eigenvalue weighted by Gasteiger charge is 2.37. The number of fused-ring (bicyclic) bond motifs is 1. The number of benzene rings is 2. The van der Waals surface area contributed by atoms with Crippen LogP contribution in [0.15, 0.2) is 57.8 Å². The summed E-state index contributed by atoms with van der Waals surface area (Å²) in [6, 6.07) is 13.9. The van der Waals surface area contributed by atoms with Gasteiger partial charge in [-0.15, -0.1) is 4.40 Å². The van der Waals surface area contributed by atoms with Crippen LogP contribution in [-0.2, 0) is 21.4 Å². The van der Waals surface area contributed by atoms with Crippen molar-refractivity contribution in [2.75, 3.05) is 13.7 Å². The van der Waals surface area contributed by atoms with Gasteiger partial charge in [0.2, 0.25) is 5.91 Å². The van der Waals surface area contributed by atoms with Gasteiger partial charge in [0.05, 0.1) is 7.11 Å². The second-order valence-electron chi connectivity index (χ2n) is 7.16. The molecule has 0 saturated carbocycles. The molecule has 1 atom stereocenters. The Morgan fingerprint density at radius 2 is 2.03 bits per heavy atom. The van der Waals surface area contributed by atoms with Crippen LogP contribution >= 0.6 is 0 Å². The second-order valence-corrected chi connectivity index (χ2v) is 8.73. The number of piperidine rings is 1. The van der Waals surface area contributed by atoms with Gasteiger partial charge in [-0.25, -0.2) is 0 Å². The van der Waals surface area contributed by atoms with Crippen molar-refractivity contribution in [3.05, 3.63) is 59.7 Å². The van der Waals surface area contributed by atoms with Crippen molar-refractivity contribution >= 4 is 21.8 Å². The lowest BCUT2D eigenvalue weighted by molar-refractivity contribution is -0.126. The molecule has 2 aromatic carbocycles. The molecule has 2 aliphatic rings. The van der Waals surface area contributed by atoms with Gasteiger partial charge in [-0.2, -0.15) is 8.42 Å². The van der Waals surface area contributed by atoms with E-state index < -0.39 is 16.1 Å². The number of methoxy groups -OCH3 is 1. The average Bonchev–Trinajstić information content (AvgIpc) is 3.03. The summed E-state index contributed by atoms with van der Waals surface area (Å²) in [4.78, 5) is 15.0. The number of hydrogen-bond acceptors (Lipinski definition) is 5. The number of amides is 1. The van der Waals surface area contributed by atoms with E-state index in [9.17, 15) is 13.2 Å². The zero-order valence-corrected chi connectivity index (χ0v) is 17.0. The first-order chi connectivity index (χ1) is 14.0. The van der Waals surface area contributed by atoms with E-state index in [1.165, 1.54) is 0 Å². The van der Waals surface area contributed by atoms with Crippen LogP contribution in [0, 0.1) is 0 Å². The van der Waals surface area contributed by atoms with Crippen molar-refractivity contribution in [2.24, 2.45) is 4.40 Å². The summed E-state index contributed by atoms with van der Waals surface area (Å²) in [7, 11) is -2.11. The lowest BCUT2D eigenvalue weighted by Gasteiger charge is -2.36. The molecule has 152 valence electrons. The van der Waals surface area contributed by atoms with Crippen molar-refractivity contribution in [3.63, 3.8) is 0 Å². The first-order valence-electron chi connectivity index (χ1n) is 9.61. The molecule has 0 aromatic heterocycles. The smallest absolute Gasteiger partial charge is 0.285 e. The molecular formula is C21H23N3O4S. The number of carbonyl (C=O) groups is 1. The number of ether oxygens (including phenoxy) is 1. The minimum Gasteiger partial charge on any atom is -0.497 e. The molecule has 2 heterocycles. The first-order valence-corrected chi connectivity index (χ1v) is 11.1. The summed E-state index contributed by atoms with van der Waals surface area (Å²) in [6.07, 6.45) is 2.46. The number of nitrogens with one attached hydrogen (secondary N) is 1. The Balaban J connectivity index is 1.54. The molecule has 0 bridgehead atoms. The molecule has 1 fully saturated rings. The van der Waals surface area contributed by atoms with Gasteiger partial charge in [-0.3, -0.25) is 4.79 Å². The average molecular weight is 413 g/mol. The van der Waals surface area contributed by atoms with E-state index in [1.54, 1.807) is 31.4 Å². The van der Waals surface area contributed by atoms with Crippen LogP contribution in [0.3, 0.4) is 0 Å². The van der Waals surface area contributed by atoms with Gasteiger partial charge < -0.3 is 15.0 Å². The third-order valence-electron chi connectivity index (χ3n) is 5.29. The fraction of sp³-hybridized carbons (Fsp3) is 0.333. The molecule has 29 heavy (non-hydrogen) atoms. The maximum absolute atomic E-state index is 13.0. The van der Waals surface area contributed by atoms with Crippen molar-refractivity contribution in [1.82, 2.24) is 10.2 Å². The first kappa shape index (κ1) is 19.4. The summed E-state index contributed by atoms with van der Waals surface area (Å²) in [5.41, 5.74) is 1.51. The van der Waals surface area contributed by atoms with Gasteiger partial charge in [0, 0.05) is 18.7 Å². The fourth-order valence-electron chi connectivity index (χ4n) is 3.84. The Kier molecular flexibility index (Phi) is 5.27. The summed E-state index contributed by atoms with van der Waals surface area (Å²) in [5.74, 6) is 0.983. The summed E-state index contributed by atoms with van der Waals surface area (Å²) < 4.78 is 34.1. The molecule has 2 aliphatic heterocycles. The minimum absolute atomic E-state index is 0.128. The van der Waals surface area contributed by atoms with E-state index in [1.807, 2.05) is 29.2 Å². The number of hydrogen-bond donors (Lipinski definition) is 1. The molecule has 0 spiro atoms. The summed E-state index contributed by atoms with van der Waals surface area (Å²) in [5, 5.41) is 2.98. The molecule has 8 heteroatoms. The normalized spacial score (nSPS) is 20.0. The van der Waals surface area contributed by atoms with Crippen molar-refractivity contribution in [3.8, 4) is 5.75 Å². The van der Waals surface area contributed by atoms with Gasteiger partial charge in [-0.05, 0) is 49.1 Å². The molecule has 0 radical (unpaired) electrons. The van der Waals surface area contributed by atoms with E-state index in [-0.39, 0.29) is 10.8 Å². The van der Waals surface area contributed by atoms with Gasteiger partial charge in [0.1, 0.15) is 16.7 Å². The van der Waals surface area contributed by atoms with E-state index in [2.05, 4.69) is 9.71 Å². The molecule has 0 unspecified atom stereocenters. The molecule has 4 rings (SSSR count). The predicted octanol–water partition coefficient (Wildman–Crippen LogP) is 2.32. The number of nitrogens with zero attached hydrogens (tertiary/aromatic N) is 2. The van der Waals surface area contributed by atoms with Crippen LogP contribution in [0.4, 0.5) is 0 Å². The fourth-order valence-corrected chi connectivity index (χ4v) is 5.06. The highest BCUT2D eigenvalue weighted by atomic mass is 32.2. The lowest BCUT2D eigenvalue weighted by atomic mass is 9.99. The molecule has 1 amide bonds. The van der Waals surface area contributed by atoms with E-state index >= 15 is 0 Å². The third kappa shape index (κ3) is 3.85. The largest absolute Gasteiger partial charge is 0.497 e. The van der Waals surface area contributed by atoms with Gasteiger partial charge in [0.15, 0.2) is 5.84 Å². The molecule has 1 N–H and O–H groups in total. The monoisotopic (exact) mass is 413 g/mol. The van der Waals surface area contributed by atoms with Crippen LogP contribution in [0.25, 0.3) is 0 Å². The number of rotatable bonds is 4. The van der Waals surface area contributed by atoms with Gasteiger partial charge >= 0.3 is 0 Å². The molecule has 0 aliphatic carbocycles. The molecule has 2 aromatic rings. The number of likely N-dealkylation sites (tertiary alicyclic amines) is 1. The van der Waals surface area contributed by atoms with E-state index in [4.69, 9.17) is 4.74 Å². The Hall–Kier alpha value is -2.87. The summed E-state index contributed by atoms with van der Waals surface area (Å²) in [6.45, 7) is 0.974. The zero-order chi connectivity index (χ0) is 20.4. The maximum atomic E-state index is 13.0. The van der Waals surface area contributed by atoms with Crippen LogP contribution in [0.2, 0.25) is 0 Å². The van der Waals surface area contributed by atoms with Gasteiger partial charge in [-0.1, -0.05) is 24.3 Å². The molecule has 7 nitrogen and oxygen atoms in total. The van der Waals surface area contributed by atoms with E-state index in [0.717, 1.165) is 24.2 Å². The Morgan fingerprint density at radius 1 is 1.21 bits per heavy atom. The van der Waals surface area contributed by atoms with Crippen LogP contribution in [0.5, 0.6) is 5.75 Å². The SMILES string of the molecule is COc1cccc(CNC(=O)[C@@H]2CCCCN2C2=NS(=O)(=O)c3ccccc32)c1. The molecule has 1 saturated heterocycles. The Bertz CT molecular complexity index is 1070. The van der Waals surface area contributed by atoms with Crippen molar-refractivity contribution in [2.45, 2.75) is 36.7 Å². The van der Waals surface area contributed by atoms with Crippen LogP contribution in [0.1, 0.15) is 30.4 Å². The lowest BCUT2D eigenvalue weighted by Crippen LogP contribution is -2.51. The zero-order valence-electron chi connectivity index (χ0n) is 16.2. The standard InChI is InChI=1S/C21H23N3O4S/c1-28-16-8-6-7-15(13-16)14-22-21(25)18-10-4-5-12-24(18)20-17-9-2-3-11-19(17)29(26,27)23-20/h2-3,6-9,11,13,18H,4-5,10,12,14H2,1H3,(H,22,25)/t18-/m0/s1. The predicted molar refractivity (Wildman–Crippen MR) is 109 cm³/mol. The maximum Gasteiger partial charge on any atom is 0.285 e. The van der Waals surface area contributed by atoms with Crippen LogP contribution < -0.4 is 10.1 Å². The number of carbonyl (C=O) groups excluding carboxylic acids is 1. The number of amidine groups is 1.